The van der Waals surface area contributed by atoms with Crippen LogP contribution in [0.1, 0.15) is 22.7 Å². The Morgan fingerprint density at radius 3 is 2.70 bits per heavy atom. The van der Waals surface area contributed by atoms with Crippen LogP contribution in [-0.2, 0) is 0 Å². The van der Waals surface area contributed by atoms with Crippen LogP contribution >= 0.6 is 11.8 Å². The van der Waals surface area contributed by atoms with E-state index in [2.05, 4.69) is 30.5 Å². The lowest BCUT2D eigenvalue weighted by atomic mass is 10.0. The smallest absolute Gasteiger partial charge is 0.123 e. The van der Waals surface area contributed by atoms with Crippen molar-refractivity contribution >= 4 is 11.8 Å². The molecule has 4 heteroatoms. The number of aryl methyl sites for hydroxylation is 2. The van der Waals surface area contributed by atoms with Gasteiger partial charge in [-0.2, -0.15) is 0 Å². The topological polar surface area (TPSA) is 38.0 Å². The molecule has 2 nitrogen and oxygen atoms in total. The fourth-order valence-corrected chi connectivity index (χ4v) is 3.18. The summed E-state index contributed by atoms with van der Waals surface area (Å²) in [7, 11) is 0. The molecule has 20 heavy (non-hydrogen) atoms. The van der Waals surface area contributed by atoms with Gasteiger partial charge in [0.1, 0.15) is 5.82 Å². The molecule has 0 fully saturated rings. The Balaban J connectivity index is 2.11. The molecule has 2 aromatic rings. The van der Waals surface area contributed by atoms with E-state index in [1.54, 1.807) is 23.9 Å². The van der Waals surface area contributed by atoms with E-state index in [1.807, 2.05) is 13.0 Å². The van der Waals surface area contributed by atoms with Crippen LogP contribution in [0.2, 0.25) is 0 Å². The summed E-state index contributed by atoms with van der Waals surface area (Å²) in [5, 5.41) is 0. The summed E-state index contributed by atoms with van der Waals surface area (Å²) in [4.78, 5) is 1.19. The average molecular weight is 290 g/mol. The Morgan fingerprint density at radius 2 is 2.00 bits per heavy atom. The standard InChI is InChI=1S/C16H19FN2S/c1-11-4-3-5-14(8-11)20-10-16(19-18)15-9-13(17)7-6-12(15)2/h3-9,16,19H,10,18H2,1-2H3. The van der Waals surface area contributed by atoms with Crippen LogP contribution < -0.4 is 11.3 Å². The first-order valence-electron chi connectivity index (χ1n) is 6.52. The zero-order valence-electron chi connectivity index (χ0n) is 11.7. The lowest BCUT2D eigenvalue weighted by molar-refractivity contribution is 0.588. The van der Waals surface area contributed by atoms with Crippen molar-refractivity contribution in [1.82, 2.24) is 5.43 Å². The van der Waals surface area contributed by atoms with Crippen LogP contribution in [0.15, 0.2) is 47.4 Å². The molecule has 0 saturated carbocycles. The quantitative estimate of drug-likeness (QED) is 0.500. The maximum atomic E-state index is 13.4. The molecular weight excluding hydrogens is 271 g/mol. The Morgan fingerprint density at radius 1 is 1.20 bits per heavy atom. The zero-order valence-corrected chi connectivity index (χ0v) is 12.5. The third-order valence-corrected chi connectivity index (χ3v) is 4.31. The van der Waals surface area contributed by atoms with Crippen molar-refractivity contribution in [2.75, 3.05) is 5.75 Å². The Hall–Kier alpha value is -1.36. The molecule has 0 aliphatic carbocycles. The molecule has 2 rings (SSSR count). The third kappa shape index (κ3) is 3.82. The van der Waals surface area contributed by atoms with Gasteiger partial charge in [-0.15, -0.1) is 11.8 Å². The van der Waals surface area contributed by atoms with Gasteiger partial charge in [-0.25, -0.2) is 4.39 Å². The van der Waals surface area contributed by atoms with Gasteiger partial charge in [-0.3, -0.25) is 11.3 Å². The molecule has 0 spiro atoms. The summed E-state index contributed by atoms with van der Waals surface area (Å²) in [6, 6.07) is 13.1. The Bertz CT molecular complexity index is 586. The zero-order chi connectivity index (χ0) is 14.5. The monoisotopic (exact) mass is 290 g/mol. The number of thioether (sulfide) groups is 1. The summed E-state index contributed by atoms with van der Waals surface area (Å²) >= 11 is 1.71. The van der Waals surface area contributed by atoms with Gasteiger partial charge < -0.3 is 0 Å². The molecule has 0 bridgehead atoms. The number of hydrogen-bond acceptors (Lipinski definition) is 3. The molecule has 106 valence electrons. The molecule has 0 aliphatic rings. The average Bonchev–Trinajstić information content (AvgIpc) is 2.43. The summed E-state index contributed by atoms with van der Waals surface area (Å²) < 4.78 is 13.4. The molecule has 0 radical (unpaired) electrons. The predicted molar refractivity (Wildman–Crippen MR) is 83.1 cm³/mol. The van der Waals surface area contributed by atoms with Gasteiger partial charge in [-0.1, -0.05) is 23.8 Å². The van der Waals surface area contributed by atoms with E-state index in [0.29, 0.717) is 0 Å². The van der Waals surface area contributed by atoms with E-state index in [1.165, 1.54) is 16.5 Å². The number of nitrogens with two attached hydrogens (primary N) is 1. The summed E-state index contributed by atoms with van der Waals surface area (Å²) in [5.41, 5.74) is 5.97. The lowest BCUT2D eigenvalue weighted by Crippen LogP contribution is -2.30. The van der Waals surface area contributed by atoms with E-state index in [0.717, 1.165) is 16.9 Å². The second kappa shape index (κ2) is 6.88. The SMILES string of the molecule is Cc1cccc(SCC(NN)c2cc(F)ccc2C)c1. The highest BCUT2D eigenvalue weighted by molar-refractivity contribution is 7.99. The van der Waals surface area contributed by atoms with Gasteiger partial charge in [0.2, 0.25) is 0 Å². The molecule has 1 unspecified atom stereocenters. The van der Waals surface area contributed by atoms with Gasteiger partial charge in [-0.05, 0) is 49.2 Å². The van der Waals surface area contributed by atoms with Crippen LogP contribution in [-0.4, -0.2) is 5.75 Å². The predicted octanol–water partition coefficient (Wildman–Crippen LogP) is 3.74. The van der Waals surface area contributed by atoms with Crippen molar-refractivity contribution < 1.29 is 4.39 Å². The van der Waals surface area contributed by atoms with Gasteiger partial charge >= 0.3 is 0 Å². The third-order valence-electron chi connectivity index (χ3n) is 3.22. The molecule has 0 aromatic heterocycles. The van der Waals surface area contributed by atoms with E-state index in [4.69, 9.17) is 5.84 Å². The molecule has 0 amide bonds. The van der Waals surface area contributed by atoms with E-state index in [-0.39, 0.29) is 11.9 Å². The first-order valence-corrected chi connectivity index (χ1v) is 7.50. The first-order chi connectivity index (χ1) is 9.60. The van der Waals surface area contributed by atoms with Crippen molar-refractivity contribution in [1.29, 1.82) is 0 Å². The van der Waals surface area contributed by atoms with Gasteiger partial charge in [0.25, 0.3) is 0 Å². The fraction of sp³-hybridized carbons (Fsp3) is 0.250. The largest absolute Gasteiger partial charge is 0.271 e. The van der Waals surface area contributed by atoms with Crippen molar-refractivity contribution in [3.05, 3.63) is 65.0 Å². The Labute approximate surface area is 123 Å². The molecule has 2 aromatic carbocycles. The number of benzene rings is 2. The summed E-state index contributed by atoms with van der Waals surface area (Å²) in [6.07, 6.45) is 0. The van der Waals surface area contributed by atoms with E-state index in [9.17, 15) is 4.39 Å². The van der Waals surface area contributed by atoms with Crippen LogP contribution in [0.5, 0.6) is 0 Å². The number of hydrazine groups is 1. The first kappa shape index (κ1) is 15.0. The highest BCUT2D eigenvalue weighted by Crippen LogP contribution is 2.27. The van der Waals surface area contributed by atoms with Crippen molar-refractivity contribution in [2.45, 2.75) is 24.8 Å². The van der Waals surface area contributed by atoms with Gasteiger partial charge in [0.15, 0.2) is 0 Å². The minimum absolute atomic E-state index is 0.0730. The fourth-order valence-electron chi connectivity index (χ4n) is 2.10. The molecular formula is C16H19FN2S. The molecule has 0 saturated heterocycles. The van der Waals surface area contributed by atoms with Crippen LogP contribution in [0.3, 0.4) is 0 Å². The minimum Gasteiger partial charge on any atom is -0.271 e. The van der Waals surface area contributed by atoms with Crippen molar-refractivity contribution in [3.63, 3.8) is 0 Å². The normalized spacial score (nSPS) is 12.4. The lowest BCUT2D eigenvalue weighted by Gasteiger charge is -2.18. The summed E-state index contributed by atoms with van der Waals surface area (Å²) in [6.45, 7) is 4.04. The van der Waals surface area contributed by atoms with Gasteiger partial charge in [0, 0.05) is 10.6 Å². The summed E-state index contributed by atoms with van der Waals surface area (Å²) in [5.74, 6) is 6.16. The highest BCUT2D eigenvalue weighted by atomic mass is 32.2. The van der Waals surface area contributed by atoms with Crippen molar-refractivity contribution in [2.24, 2.45) is 5.84 Å². The molecule has 1 atom stereocenters. The van der Waals surface area contributed by atoms with Crippen LogP contribution in [0.25, 0.3) is 0 Å². The van der Waals surface area contributed by atoms with Crippen molar-refractivity contribution in [3.8, 4) is 0 Å². The maximum absolute atomic E-state index is 13.4. The Kier molecular flexibility index (Phi) is 5.17. The molecule has 0 aliphatic heterocycles. The molecule has 0 heterocycles. The second-order valence-corrected chi connectivity index (χ2v) is 5.94. The van der Waals surface area contributed by atoms with Gasteiger partial charge in [0.05, 0.1) is 6.04 Å². The van der Waals surface area contributed by atoms with Crippen LogP contribution in [0, 0.1) is 19.7 Å². The molecule has 3 N–H and O–H groups in total. The van der Waals surface area contributed by atoms with E-state index < -0.39 is 0 Å². The highest BCUT2D eigenvalue weighted by Gasteiger charge is 2.13. The number of hydrogen-bond donors (Lipinski definition) is 2. The number of nitrogens with one attached hydrogen (secondary N) is 1. The number of halogens is 1. The second-order valence-electron chi connectivity index (χ2n) is 4.85. The maximum Gasteiger partial charge on any atom is 0.123 e. The van der Waals surface area contributed by atoms with Crippen LogP contribution in [0.4, 0.5) is 4.39 Å². The van der Waals surface area contributed by atoms with E-state index >= 15 is 0 Å². The number of rotatable bonds is 5. The minimum atomic E-state index is -0.230.